The van der Waals surface area contributed by atoms with Gasteiger partial charge in [0, 0.05) is 2650 Å². The van der Waals surface area contributed by atoms with Crippen molar-refractivity contribution in [2.75, 3.05) is 0 Å². The Morgan fingerprint density at radius 2 is 0.0123 bits per heavy atom. The molecule has 81 heteroatoms. The third-order valence-electron chi connectivity index (χ3n) is 0. The Labute approximate surface area is 2540 Å². The van der Waals surface area contributed by atoms with Crippen LogP contribution in [0.15, 0.2) is 0 Å². The molecule has 0 bridgehead atoms. The zero-order valence-electron chi connectivity index (χ0n) is 46.8. The second-order valence-electron chi connectivity index (χ2n) is 0. The van der Waals surface area contributed by atoms with Crippen molar-refractivity contribution in [3.63, 3.8) is 0 Å². The topological polar surface area (TPSA) is 0 Å². The molecule has 243 valence electrons. The summed E-state index contributed by atoms with van der Waals surface area (Å²) in [6.07, 6.45) is 0. The third-order valence-corrected chi connectivity index (χ3v) is 0. The van der Waals surface area contributed by atoms with Gasteiger partial charge in [-0.1, -0.05) is 0 Å². The summed E-state index contributed by atoms with van der Waals surface area (Å²) >= 11 is 0. The SMILES string of the molecule is [Y].[Y].[Y].[Y].[Y].[Y].[Y].[Y].[Y].[Y].[Y].[Y].[Y].[Y].[Y].[Y].[Y].[Y].[Y].[Y].[Y].[Y].[Y].[Y].[Y].[Y].[Y].[Y].[Y].[Y].[Y].[Y].[Y].[Y].[Y].[Y].[Y].[Y].[Y].[Y].[Y].[Y].[Y].[Y].[Y].[Y].[Y].[Y].[Y].[Y].[Y].[Y].[Y].[Y].[Y].[Y].[Y].[Y].[Y].[Y].[Y].[Y].[Y].[Y].[Y].[Y].[Y].[Y].[Y].[Y].[Y].[Y].[Y].[Y].[Y].[Y].[Y].[Y].[Y].[Y].[Y]. The summed E-state index contributed by atoms with van der Waals surface area (Å²) < 4.78 is 0. The van der Waals surface area contributed by atoms with Crippen molar-refractivity contribution in [1.82, 2.24) is 0 Å². The molecule has 0 rings (SSSR count). The van der Waals surface area contributed by atoms with Crippen LogP contribution in [0.5, 0.6) is 0 Å². The second-order valence-corrected chi connectivity index (χ2v) is 0. The van der Waals surface area contributed by atoms with Gasteiger partial charge in [0.1, 0.15) is 0 Å². The maximum absolute atomic E-state index is 0. The van der Waals surface area contributed by atoms with Crippen LogP contribution in [0, 0.1) is 0 Å². The molecule has 0 N–H and O–H groups in total. The van der Waals surface area contributed by atoms with Gasteiger partial charge in [-0.25, -0.2) is 0 Å². The van der Waals surface area contributed by atoms with Crippen LogP contribution in [0.25, 0.3) is 0 Å². The molecule has 0 aliphatic rings. The molecular weight excluding hydrogens is 7200 g/mol. The van der Waals surface area contributed by atoms with Crippen LogP contribution < -0.4 is 0 Å². The van der Waals surface area contributed by atoms with E-state index in [1.165, 1.54) is 0 Å². The number of hydrogen-bond acceptors (Lipinski definition) is 0. The van der Waals surface area contributed by atoms with Gasteiger partial charge in [0.05, 0.1) is 0 Å². The molecule has 0 saturated heterocycles. The molecule has 0 aromatic heterocycles. The van der Waals surface area contributed by atoms with Gasteiger partial charge in [0.2, 0.25) is 0 Å². The van der Waals surface area contributed by atoms with Crippen LogP contribution in [0.3, 0.4) is 0 Å². The van der Waals surface area contributed by atoms with Crippen molar-refractivity contribution in [1.29, 1.82) is 0 Å². The van der Waals surface area contributed by atoms with Crippen LogP contribution in [0.2, 0.25) is 0 Å². The smallest absolute Gasteiger partial charge is 0 e. The molecule has 0 amide bonds. The maximum atomic E-state index is 0. The average molecular weight is 7200 g/mol. The van der Waals surface area contributed by atoms with E-state index in [-0.39, 0.29) is 2650 Å². The van der Waals surface area contributed by atoms with E-state index in [1.807, 2.05) is 0 Å². The van der Waals surface area contributed by atoms with E-state index in [0.29, 0.717) is 0 Å². The first kappa shape index (κ1) is 612. The molecule has 0 unspecified atom stereocenters. The second kappa shape index (κ2) is 601. The fourth-order valence-corrected chi connectivity index (χ4v) is 0. The van der Waals surface area contributed by atoms with Crippen molar-refractivity contribution in [2.45, 2.75) is 0 Å². The molecule has 0 aliphatic heterocycles. The van der Waals surface area contributed by atoms with E-state index in [1.54, 1.807) is 0 Å². The minimum absolute atomic E-state index is 0. The Hall–Kier alpha value is 89.4. The molecule has 0 aromatic rings. The molecule has 0 spiro atoms. The van der Waals surface area contributed by atoms with Crippen LogP contribution >= 0.6 is 0 Å². The maximum Gasteiger partial charge on any atom is 0 e. The molecule has 0 aliphatic carbocycles. The Kier molecular flexibility index (Phi) is 4540. The van der Waals surface area contributed by atoms with Gasteiger partial charge in [-0.3, -0.25) is 0 Å². The Morgan fingerprint density at radius 3 is 0.0123 bits per heavy atom. The van der Waals surface area contributed by atoms with Crippen LogP contribution in [0.4, 0.5) is 0 Å². The minimum Gasteiger partial charge on any atom is 0 e. The first-order valence-electron chi connectivity index (χ1n) is 0. The van der Waals surface area contributed by atoms with E-state index in [4.69, 9.17) is 0 Å². The molecule has 0 aromatic carbocycles. The molecule has 0 fully saturated rings. The summed E-state index contributed by atoms with van der Waals surface area (Å²) in [5.74, 6) is 0. The summed E-state index contributed by atoms with van der Waals surface area (Å²) in [5.41, 5.74) is 0. The normalized spacial score (nSPS) is 0. The standard InChI is InChI=1S/81Y. The summed E-state index contributed by atoms with van der Waals surface area (Å²) in [4.78, 5) is 0. The summed E-state index contributed by atoms with van der Waals surface area (Å²) in [7, 11) is 0. The van der Waals surface area contributed by atoms with Crippen LogP contribution in [-0.2, 0) is 2650 Å². The van der Waals surface area contributed by atoms with E-state index in [2.05, 4.69) is 0 Å². The van der Waals surface area contributed by atoms with Crippen molar-refractivity contribution in [3.8, 4) is 0 Å². The Balaban J connectivity index is 0. The monoisotopic (exact) mass is 7200 g/mol. The van der Waals surface area contributed by atoms with Gasteiger partial charge in [0.15, 0.2) is 0 Å². The number of hydrogen-bond donors (Lipinski definition) is 0. The predicted molar refractivity (Wildman–Crippen MR) is 0 cm³/mol. The summed E-state index contributed by atoms with van der Waals surface area (Å²) in [5, 5.41) is 0. The van der Waals surface area contributed by atoms with E-state index < -0.39 is 0 Å². The van der Waals surface area contributed by atoms with Crippen molar-refractivity contribution in [3.05, 3.63) is 0 Å². The van der Waals surface area contributed by atoms with Gasteiger partial charge >= 0.3 is 0 Å². The van der Waals surface area contributed by atoms with E-state index in [0.717, 1.165) is 0 Å². The molecule has 0 nitrogen and oxygen atoms in total. The fourth-order valence-electron chi connectivity index (χ4n) is 0. The van der Waals surface area contributed by atoms with Gasteiger partial charge in [-0.05, 0) is 0 Å². The van der Waals surface area contributed by atoms with E-state index in [9.17, 15) is 0 Å². The van der Waals surface area contributed by atoms with Crippen LogP contribution in [-0.4, -0.2) is 0 Å². The first-order chi connectivity index (χ1) is 0. The van der Waals surface area contributed by atoms with Gasteiger partial charge in [0.25, 0.3) is 0 Å². The van der Waals surface area contributed by atoms with Gasteiger partial charge in [-0.15, -0.1) is 0 Å². The Bertz CT molecular complexity index is 0. The van der Waals surface area contributed by atoms with E-state index >= 15 is 0 Å². The first-order valence-corrected chi connectivity index (χ1v) is 0. The van der Waals surface area contributed by atoms with Crippen molar-refractivity contribution in [2.24, 2.45) is 0 Å². The van der Waals surface area contributed by atoms with Crippen LogP contribution in [0.1, 0.15) is 0 Å². The third kappa shape index (κ3) is 594. The minimum atomic E-state index is 0. The number of rotatable bonds is 0. The predicted octanol–water partition coefficient (Wildman–Crippen LogP) is -0.203. The molecule has 0 atom stereocenters. The zero-order valence-corrected chi connectivity index (χ0v) is 277. The molecule has 0 heterocycles. The molecule has 0 saturated carbocycles. The van der Waals surface area contributed by atoms with Gasteiger partial charge in [-0.2, -0.15) is 0 Å². The largest absolute Gasteiger partial charge is 0 e. The van der Waals surface area contributed by atoms with Crippen molar-refractivity contribution < 1.29 is 2650 Å². The summed E-state index contributed by atoms with van der Waals surface area (Å²) in [6, 6.07) is 0. The molecule has 81 radical (unpaired) electrons. The quantitative estimate of drug-likeness (QED) is 0.316. The molecular formula is Y81. The fraction of sp³-hybridized carbons (Fsp3) is 0. The summed E-state index contributed by atoms with van der Waals surface area (Å²) in [6.45, 7) is 0. The molecule has 81 heavy (non-hydrogen) atoms. The zero-order chi connectivity index (χ0) is 0. The average Bonchev–Trinajstić information content (AvgIpc) is 0. The Morgan fingerprint density at radius 1 is 0.0123 bits per heavy atom. The van der Waals surface area contributed by atoms with Crippen molar-refractivity contribution >= 4 is 0 Å². The van der Waals surface area contributed by atoms with Gasteiger partial charge < -0.3 is 0 Å².